The van der Waals surface area contributed by atoms with E-state index < -0.39 is 5.60 Å². The van der Waals surface area contributed by atoms with Crippen LogP contribution in [0.3, 0.4) is 0 Å². The lowest BCUT2D eigenvalue weighted by molar-refractivity contribution is -0.0245. The summed E-state index contributed by atoms with van der Waals surface area (Å²) in [7, 11) is 1.69. The van der Waals surface area contributed by atoms with Gasteiger partial charge in [0.05, 0.1) is 12.1 Å². The van der Waals surface area contributed by atoms with Crippen molar-refractivity contribution in [1.29, 1.82) is 0 Å². The van der Waals surface area contributed by atoms with Crippen LogP contribution >= 0.6 is 0 Å². The third kappa shape index (κ3) is 4.14. The Morgan fingerprint density at radius 1 is 1.50 bits per heavy atom. The quantitative estimate of drug-likeness (QED) is 0.836. The molecule has 0 spiro atoms. The van der Waals surface area contributed by atoms with Crippen molar-refractivity contribution in [2.24, 2.45) is 0 Å². The maximum Gasteiger partial charge on any atom is 0.410 e. The van der Waals surface area contributed by atoms with Gasteiger partial charge >= 0.3 is 6.09 Å². The Balaban J connectivity index is 2.72. The van der Waals surface area contributed by atoms with Gasteiger partial charge in [-0.3, -0.25) is 0 Å². The van der Waals surface area contributed by atoms with Gasteiger partial charge in [0.15, 0.2) is 0 Å². The largest absolute Gasteiger partial charge is 0.444 e. The van der Waals surface area contributed by atoms with E-state index in [1.54, 1.807) is 12.0 Å². The molecular weight excluding hydrogens is 232 g/mol. The number of hydrogen-bond acceptors (Lipinski definition) is 4. The summed E-state index contributed by atoms with van der Waals surface area (Å²) < 4.78 is 10.9. The fourth-order valence-corrected chi connectivity index (χ4v) is 2.20. The van der Waals surface area contributed by atoms with Crippen molar-refractivity contribution in [1.82, 2.24) is 10.2 Å². The molecule has 0 aliphatic carbocycles. The minimum Gasteiger partial charge on any atom is -0.444 e. The van der Waals surface area contributed by atoms with Gasteiger partial charge in [-0.1, -0.05) is 6.92 Å². The molecule has 0 aromatic rings. The van der Waals surface area contributed by atoms with Crippen molar-refractivity contribution < 1.29 is 14.3 Å². The van der Waals surface area contributed by atoms with E-state index in [0.717, 1.165) is 19.5 Å². The van der Waals surface area contributed by atoms with Gasteiger partial charge in [0.1, 0.15) is 5.60 Å². The van der Waals surface area contributed by atoms with Crippen LogP contribution in [0, 0.1) is 0 Å². The second kappa shape index (κ2) is 6.38. The Labute approximate surface area is 110 Å². The summed E-state index contributed by atoms with van der Waals surface area (Å²) in [6, 6.07) is 0.0450. The summed E-state index contributed by atoms with van der Waals surface area (Å²) in [5.41, 5.74) is -0.457. The molecule has 0 aromatic carbocycles. The summed E-state index contributed by atoms with van der Waals surface area (Å²) in [6.07, 6.45) is 0.678. The Bertz CT molecular complexity index is 272. The third-order valence-corrected chi connectivity index (χ3v) is 3.05. The highest BCUT2D eigenvalue weighted by Gasteiger charge is 2.34. The second-order valence-electron chi connectivity index (χ2n) is 5.63. The lowest BCUT2D eigenvalue weighted by atomic mass is 10.1. The predicted molar refractivity (Wildman–Crippen MR) is 70.7 cm³/mol. The molecule has 1 saturated heterocycles. The lowest BCUT2D eigenvalue weighted by Gasteiger charge is -2.40. The van der Waals surface area contributed by atoms with Gasteiger partial charge in [-0.25, -0.2) is 4.79 Å². The smallest absolute Gasteiger partial charge is 0.410 e. The van der Waals surface area contributed by atoms with Crippen molar-refractivity contribution in [2.45, 2.75) is 51.9 Å². The molecule has 2 atom stereocenters. The molecule has 5 nitrogen and oxygen atoms in total. The van der Waals surface area contributed by atoms with Crippen LogP contribution in [0.15, 0.2) is 0 Å². The van der Waals surface area contributed by atoms with Crippen molar-refractivity contribution >= 4 is 6.09 Å². The second-order valence-corrected chi connectivity index (χ2v) is 5.63. The molecule has 0 saturated carbocycles. The maximum absolute atomic E-state index is 12.2. The fourth-order valence-electron chi connectivity index (χ4n) is 2.20. The Hall–Kier alpha value is -0.810. The Morgan fingerprint density at radius 3 is 2.67 bits per heavy atom. The van der Waals surface area contributed by atoms with Gasteiger partial charge in [-0.2, -0.15) is 0 Å². The number of nitrogens with zero attached hydrogens (tertiary/aromatic N) is 1. The number of nitrogens with one attached hydrogen (secondary N) is 1. The first-order chi connectivity index (χ1) is 8.39. The summed E-state index contributed by atoms with van der Waals surface area (Å²) in [6.45, 7) is 9.94. The monoisotopic (exact) mass is 258 g/mol. The molecule has 2 unspecified atom stereocenters. The van der Waals surface area contributed by atoms with Crippen molar-refractivity contribution in [3.05, 3.63) is 0 Å². The van der Waals surface area contributed by atoms with Crippen LogP contribution in [0.1, 0.15) is 34.1 Å². The van der Waals surface area contributed by atoms with E-state index in [1.165, 1.54) is 0 Å². The first-order valence-electron chi connectivity index (χ1n) is 6.62. The van der Waals surface area contributed by atoms with E-state index >= 15 is 0 Å². The number of carbonyl (C=O) groups is 1. The molecule has 1 fully saturated rings. The fraction of sp³-hybridized carbons (Fsp3) is 0.923. The number of methoxy groups -OCH3 is 1. The van der Waals surface area contributed by atoms with E-state index in [9.17, 15) is 4.79 Å². The van der Waals surface area contributed by atoms with E-state index in [4.69, 9.17) is 9.47 Å². The lowest BCUT2D eigenvalue weighted by Crippen LogP contribution is -2.59. The van der Waals surface area contributed by atoms with Crippen LogP contribution in [-0.2, 0) is 9.47 Å². The molecule has 0 aromatic heterocycles. The highest BCUT2D eigenvalue weighted by Crippen LogP contribution is 2.17. The molecular formula is C13H26N2O3. The van der Waals surface area contributed by atoms with E-state index in [1.807, 2.05) is 20.8 Å². The van der Waals surface area contributed by atoms with E-state index in [2.05, 4.69) is 12.2 Å². The molecule has 5 heteroatoms. The van der Waals surface area contributed by atoms with Crippen LogP contribution in [-0.4, -0.2) is 55.5 Å². The molecule has 18 heavy (non-hydrogen) atoms. The highest BCUT2D eigenvalue weighted by atomic mass is 16.6. The standard InChI is InChI=1S/C13H26N2O3/c1-6-11(17-5)10-9-14-7-8-15(10)12(16)18-13(2,3)4/h10-11,14H,6-9H2,1-5H3. The number of hydrogen-bond donors (Lipinski definition) is 1. The first-order valence-corrected chi connectivity index (χ1v) is 6.62. The zero-order chi connectivity index (χ0) is 13.8. The number of piperazine rings is 1. The molecule has 1 N–H and O–H groups in total. The molecule has 1 amide bonds. The normalized spacial score (nSPS) is 22.7. The van der Waals surface area contributed by atoms with Crippen molar-refractivity contribution in [3.63, 3.8) is 0 Å². The molecule has 0 bridgehead atoms. The topological polar surface area (TPSA) is 50.8 Å². The number of ether oxygens (including phenoxy) is 2. The molecule has 1 heterocycles. The summed E-state index contributed by atoms with van der Waals surface area (Å²) >= 11 is 0. The summed E-state index contributed by atoms with van der Waals surface area (Å²) in [5.74, 6) is 0. The molecule has 1 aliphatic heterocycles. The third-order valence-electron chi connectivity index (χ3n) is 3.05. The maximum atomic E-state index is 12.2. The van der Waals surface area contributed by atoms with Crippen molar-refractivity contribution in [2.75, 3.05) is 26.7 Å². The minimum atomic E-state index is -0.457. The summed E-state index contributed by atoms with van der Waals surface area (Å²) in [5, 5.41) is 3.30. The van der Waals surface area contributed by atoms with Crippen LogP contribution in [0.2, 0.25) is 0 Å². The van der Waals surface area contributed by atoms with Gasteiger partial charge in [0.25, 0.3) is 0 Å². The minimum absolute atomic E-state index is 0.0450. The van der Waals surface area contributed by atoms with Gasteiger partial charge in [0, 0.05) is 26.7 Å². The zero-order valence-electron chi connectivity index (χ0n) is 12.2. The van der Waals surface area contributed by atoms with Gasteiger partial charge in [0.2, 0.25) is 0 Å². The number of amides is 1. The van der Waals surface area contributed by atoms with Crippen LogP contribution in [0.4, 0.5) is 4.79 Å². The Morgan fingerprint density at radius 2 is 2.17 bits per heavy atom. The average Bonchev–Trinajstić information content (AvgIpc) is 2.29. The van der Waals surface area contributed by atoms with Gasteiger partial charge < -0.3 is 19.7 Å². The van der Waals surface area contributed by atoms with Gasteiger partial charge in [-0.15, -0.1) is 0 Å². The number of carbonyl (C=O) groups excluding carboxylic acids is 1. The molecule has 1 aliphatic rings. The zero-order valence-corrected chi connectivity index (χ0v) is 12.2. The van der Waals surface area contributed by atoms with Crippen LogP contribution < -0.4 is 5.32 Å². The van der Waals surface area contributed by atoms with E-state index in [0.29, 0.717) is 6.54 Å². The Kier molecular flexibility index (Phi) is 5.41. The average molecular weight is 258 g/mol. The van der Waals surface area contributed by atoms with E-state index in [-0.39, 0.29) is 18.2 Å². The number of rotatable bonds is 3. The van der Waals surface area contributed by atoms with Crippen molar-refractivity contribution in [3.8, 4) is 0 Å². The van der Waals surface area contributed by atoms with Crippen LogP contribution in [0.25, 0.3) is 0 Å². The predicted octanol–water partition coefficient (Wildman–Crippen LogP) is 1.62. The highest BCUT2D eigenvalue weighted by molar-refractivity contribution is 5.68. The van der Waals surface area contributed by atoms with Gasteiger partial charge in [-0.05, 0) is 27.2 Å². The van der Waals surface area contributed by atoms with Crippen LogP contribution in [0.5, 0.6) is 0 Å². The SMILES string of the molecule is CCC(OC)C1CNCCN1C(=O)OC(C)(C)C. The molecule has 1 rings (SSSR count). The molecule has 0 radical (unpaired) electrons. The summed E-state index contributed by atoms with van der Waals surface area (Å²) in [4.78, 5) is 14.0. The first kappa shape index (κ1) is 15.2. The molecule has 106 valence electrons.